The molecule has 180 valence electrons. The standard InChI is InChI=1S/C29H29NO5/c31-29(25-12-14-32-20-25)34-16-15-33-26-9-7-23(8-10-26)27-11-13-30-18-28(27)35-19-21-5-6-22-3-1-2-4-24(22)17-21/h1-10,12,14,17,20,27-28,30H,11,13,15-16,18-19H2. The fraction of sp³-hybridized carbons (Fsp3) is 0.276. The molecule has 0 radical (unpaired) electrons. The minimum Gasteiger partial charge on any atom is -0.490 e. The lowest BCUT2D eigenvalue weighted by Crippen LogP contribution is -2.40. The SMILES string of the molecule is O=C(OCCOc1ccc(C2CCNCC2OCc2ccc3ccccc3c2)cc1)c1ccoc1. The average molecular weight is 472 g/mol. The van der Waals surface area contributed by atoms with Gasteiger partial charge in [0.25, 0.3) is 0 Å². The Morgan fingerprint density at radius 3 is 2.66 bits per heavy atom. The Kier molecular flexibility index (Phi) is 7.41. The van der Waals surface area contributed by atoms with E-state index in [-0.39, 0.29) is 19.3 Å². The zero-order valence-corrected chi connectivity index (χ0v) is 19.5. The summed E-state index contributed by atoms with van der Waals surface area (Å²) in [6.45, 7) is 2.85. The van der Waals surface area contributed by atoms with Crippen LogP contribution < -0.4 is 10.1 Å². The van der Waals surface area contributed by atoms with Crippen molar-refractivity contribution in [3.63, 3.8) is 0 Å². The summed E-state index contributed by atoms with van der Waals surface area (Å²) < 4.78 is 22.2. The largest absolute Gasteiger partial charge is 0.490 e. The van der Waals surface area contributed by atoms with Crippen molar-refractivity contribution in [3.8, 4) is 5.75 Å². The normalized spacial score (nSPS) is 17.8. The number of nitrogens with one attached hydrogen (secondary N) is 1. The summed E-state index contributed by atoms with van der Waals surface area (Å²) in [6.07, 6.45) is 3.92. The van der Waals surface area contributed by atoms with E-state index >= 15 is 0 Å². The molecule has 0 amide bonds. The predicted molar refractivity (Wildman–Crippen MR) is 134 cm³/mol. The summed E-state index contributed by atoms with van der Waals surface area (Å²) in [7, 11) is 0. The number of esters is 1. The smallest absolute Gasteiger partial charge is 0.341 e. The maximum Gasteiger partial charge on any atom is 0.341 e. The van der Waals surface area contributed by atoms with Crippen LogP contribution in [0.1, 0.15) is 33.8 Å². The molecule has 1 aliphatic heterocycles. The number of piperidine rings is 1. The van der Waals surface area contributed by atoms with Crippen LogP contribution in [0.4, 0.5) is 0 Å². The highest BCUT2D eigenvalue weighted by Gasteiger charge is 2.27. The van der Waals surface area contributed by atoms with Crippen LogP contribution in [-0.4, -0.2) is 38.4 Å². The van der Waals surface area contributed by atoms with Gasteiger partial charge in [0.2, 0.25) is 0 Å². The number of carbonyl (C=O) groups excluding carboxylic acids is 1. The number of fused-ring (bicyclic) bond motifs is 1. The molecule has 6 heteroatoms. The van der Waals surface area contributed by atoms with E-state index in [4.69, 9.17) is 18.6 Å². The van der Waals surface area contributed by atoms with Gasteiger partial charge in [-0.3, -0.25) is 0 Å². The third-order valence-electron chi connectivity index (χ3n) is 6.35. The fourth-order valence-electron chi connectivity index (χ4n) is 4.49. The second kappa shape index (κ2) is 11.2. The molecule has 0 aliphatic carbocycles. The second-order valence-corrected chi connectivity index (χ2v) is 8.70. The van der Waals surface area contributed by atoms with Gasteiger partial charge in [0.1, 0.15) is 25.2 Å². The topological polar surface area (TPSA) is 69.9 Å². The molecule has 2 atom stereocenters. The average Bonchev–Trinajstić information content (AvgIpc) is 3.46. The quantitative estimate of drug-likeness (QED) is 0.263. The van der Waals surface area contributed by atoms with E-state index in [1.54, 1.807) is 6.07 Å². The van der Waals surface area contributed by atoms with Crippen molar-refractivity contribution < 1.29 is 23.4 Å². The van der Waals surface area contributed by atoms with Crippen molar-refractivity contribution >= 4 is 16.7 Å². The van der Waals surface area contributed by atoms with Gasteiger partial charge in [-0.1, -0.05) is 48.5 Å². The van der Waals surface area contributed by atoms with Crippen molar-refractivity contribution in [3.05, 3.63) is 102 Å². The van der Waals surface area contributed by atoms with E-state index in [9.17, 15) is 4.79 Å². The fourth-order valence-corrected chi connectivity index (χ4v) is 4.49. The first kappa shape index (κ1) is 23.1. The van der Waals surface area contributed by atoms with Crippen LogP contribution in [0, 0.1) is 0 Å². The molecule has 6 nitrogen and oxygen atoms in total. The zero-order valence-electron chi connectivity index (χ0n) is 19.5. The Labute approximate surface area is 204 Å². The van der Waals surface area contributed by atoms with E-state index in [0.717, 1.165) is 25.3 Å². The number of carbonyl (C=O) groups is 1. The lowest BCUT2D eigenvalue weighted by atomic mass is 9.87. The molecule has 1 N–H and O–H groups in total. The van der Waals surface area contributed by atoms with Gasteiger partial charge in [-0.15, -0.1) is 0 Å². The van der Waals surface area contributed by atoms with Gasteiger partial charge in [0.05, 0.1) is 24.5 Å². The molecule has 0 bridgehead atoms. The highest BCUT2D eigenvalue weighted by Crippen LogP contribution is 2.30. The van der Waals surface area contributed by atoms with Crippen LogP contribution >= 0.6 is 0 Å². The Morgan fingerprint density at radius 1 is 0.971 bits per heavy atom. The molecule has 1 fully saturated rings. The molecule has 2 unspecified atom stereocenters. The summed E-state index contributed by atoms with van der Waals surface area (Å²) >= 11 is 0. The molecule has 35 heavy (non-hydrogen) atoms. The number of hydrogen-bond donors (Lipinski definition) is 1. The van der Waals surface area contributed by atoms with E-state index in [1.807, 2.05) is 12.1 Å². The molecule has 2 heterocycles. The number of furan rings is 1. The Balaban J connectivity index is 1.13. The van der Waals surface area contributed by atoms with E-state index < -0.39 is 5.97 Å². The first-order valence-corrected chi connectivity index (χ1v) is 12.0. The van der Waals surface area contributed by atoms with Gasteiger partial charge < -0.3 is 23.9 Å². The zero-order chi connectivity index (χ0) is 23.9. The molecule has 1 saturated heterocycles. The monoisotopic (exact) mass is 471 g/mol. The molecule has 3 aromatic carbocycles. The number of benzene rings is 3. The summed E-state index contributed by atoms with van der Waals surface area (Å²) in [5.41, 5.74) is 2.83. The van der Waals surface area contributed by atoms with Gasteiger partial charge in [0.15, 0.2) is 0 Å². The molecular weight excluding hydrogens is 442 g/mol. The Morgan fingerprint density at radius 2 is 1.83 bits per heavy atom. The van der Waals surface area contributed by atoms with Crippen molar-refractivity contribution in [2.75, 3.05) is 26.3 Å². The second-order valence-electron chi connectivity index (χ2n) is 8.70. The van der Waals surface area contributed by atoms with Crippen molar-refractivity contribution in [1.29, 1.82) is 0 Å². The van der Waals surface area contributed by atoms with Crippen LogP contribution in [0.3, 0.4) is 0 Å². The summed E-state index contributed by atoms with van der Waals surface area (Å²) in [5, 5.41) is 5.95. The van der Waals surface area contributed by atoms with Crippen LogP contribution in [0.25, 0.3) is 10.8 Å². The predicted octanol–water partition coefficient (Wildman–Crippen LogP) is 5.33. The van der Waals surface area contributed by atoms with Gasteiger partial charge in [0, 0.05) is 12.5 Å². The first-order chi connectivity index (χ1) is 17.3. The molecule has 0 spiro atoms. The summed E-state index contributed by atoms with van der Waals surface area (Å²) in [5.74, 6) is 0.649. The highest BCUT2D eigenvalue weighted by molar-refractivity contribution is 5.88. The van der Waals surface area contributed by atoms with Crippen molar-refractivity contribution in [1.82, 2.24) is 5.32 Å². The van der Waals surface area contributed by atoms with Crippen molar-refractivity contribution in [2.45, 2.75) is 25.0 Å². The number of ether oxygens (including phenoxy) is 3. The minimum atomic E-state index is -0.418. The van der Waals surface area contributed by atoms with E-state index in [2.05, 4.69) is 59.9 Å². The van der Waals surface area contributed by atoms with Gasteiger partial charge in [-0.25, -0.2) is 4.79 Å². The van der Waals surface area contributed by atoms with Crippen LogP contribution in [0.5, 0.6) is 5.75 Å². The maximum atomic E-state index is 11.8. The third kappa shape index (κ3) is 5.91. The van der Waals surface area contributed by atoms with Crippen LogP contribution in [0.15, 0.2) is 89.7 Å². The molecule has 1 aromatic heterocycles. The molecular formula is C29H29NO5. The lowest BCUT2D eigenvalue weighted by molar-refractivity contribution is 0.0106. The van der Waals surface area contributed by atoms with Crippen LogP contribution in [0.2, 0.25) is 0 Å². The lowest BCUT2D eigenvalue weighted by Gasteiger charge is -2.32. The molecule has 0 saturated carbocycles. The van der Waals surface area contributed by atoms with Gasteiger partial charge in [-0.2, -0.15) is 0 Å². The maximum absolute atomic E-state index is 11.8. The van der Waals surface area contributed by atoms with Gasteiger partial charge in [-0.05, 0) is 59.1 Å². The summed E-state index contributed by atoms with van der Waals surface area (Å²) in [4.78, 5) is 11.8. The minimum absolute atomic E-state index is 0.101. The van der Waals surface area contributed by atoms with E-state index in [1.165, 1.54) is 34.4 Å². The Bertz CT molecular complexity index is 1240. The molecule has 4 aromatic rings. The first-order valence-electron chi connectivity index (χ1n) is 12.0. The third-order valence-corrected chi connectivity index (χ3v) is 6.35. The number of rotatable bonds is 9. The molecule has 5 rings (SSSR count). The van der Waals surface area contributed by atoms with Crippen molar-refractivity contribution in [2.24, 2.45) is 0 Å². The Hall–Kier alpha value is -3.61. The molecule has 1 aliphatic rings. The summed E-state index contributed by atoms with van der Waals surface area (Å²) in [6, 6.07) is 24.6. The van der Waals surface area contributed by atoms with E-state index in [0.29, 0.717) is 18.1 Å². The van der Waals surface area contributed by atoms with Crippen LogP contribution in [-0.2, 0) is 16.1 Å². The highest BCUT2D eigenvalue weighted by atomic mass is 16.6. The number of hydrogen-bond acceptors (Lipinski definition) is 6. The van der Waals surface area contributed by atoms with Gasteiger partial charge >= 0.3 is 5.97 Å².